The number of hydrogen-bond acceptors (Lipinski definition) is 3. The standard InChI is InChI=1S/C51H31N5/c1-3-15-32(16-4-1)49-52-50(33-17-5-2-6-18-33)54-51(53-49)56-44-26-14-12-24-41(44)48-46(56)30-29-45-47(48)40-23-11-13-25-43(40)55(45)34-27-28-39-37-21-8-7-19-35(37)36-20-9-10-22-38(36)42(39)31-34/h1-31H. The molecule has 0 aliphatic carbocycles. The molecular formula is C51H31N5. The van der Waals surface area contributed by atoms with Gasteiger partial charge in [0.2, 0.25) is 5.95 Å². The minimum atomic E-state index is 0.584. The Labute approximate surface area is 321 Å². The largest absolute Gasteiger partial charge is 0.309 e. The summed E-state index contributed by atoms with van der Waals surface area (Å²) < 4.78 is 4.65. The van der Waals surface area contributed by atoms with E-state index in [1.54, 1.807) is 0 Å². The lowest BCUT2D eigenvalue weighted by Crippen LogP contribution is -2.06. The number of benzene rings is 9. The van der Waals surface area contributed by atoms with Crippen LogP contribution in [-0.2, 0) is 0 Å². The molecule has 0 saturated carbocycles. The van der Waals surface area contributed by atoms with Gasteiger partial charge in [-0.2, -0.15) is 9.97 Å². The lowest BCUT2D eigenvalue weighted by Gasteiger charge is -2.14. The summed E-state index contributed by atoms with van der Waals surface area (Å²) in [7, 11) is 0. The second kappa shape index (κ2) is 11.9. The molecule has 0 atom stereocenters. The zero-order valence-corrected chi connectivity index (χ0v) is 30.1. The Morgan fingerprint density at radius 3 is 1.23 bits per heavy atom. The van der Waals surface area contributed by atoms with E-state index in [0.29, 0.717) is 17.6 Å². The van der Waals surface area contributed by atoms with Crippen molar-refractivity contribution in [3.8, 4) is 34.4 Å². The van der Waals surface area contributed by atoms with Crippen LogP contribution in [0, 0.1) is 0 Å². The molecule has 0 aliphatic rings. The minimum absolute atomic E-state index is 0.584. The van der Waals surface area contributed by atoms with E-state index in [1.807, 2.05) is 36.4 Å². The molecule has 0 unspecified atom stereocenters. The van der Waals surface area contributed by atoms with Gasteiger partial charge >= 0.3 is 0 Å². The van der Waals surface area contributed by atoms with Crippen LogP contribution >= 0.6 is 0 Å². The number of hydrogen-bond donors (Lipinski definition) is 0. The highest BCUT2D eigenvalue weighted by molar-refractivity contribution is 6.29. The molecule has 0 spiro atoms. The van der Waals surface area contributed by atoms with Gasteiger partial charge in [-0.25, -0.2) is 4.98 Å². The summed E-state index contributed by atoms with van der Waals surface area (Å²) in [6, 6.07) is 66.8. The molecule has 0 aliphatic heterocycles. The van der Waals surface area contributed by atoms with Crippen molar-refractivity contribution in [2.45, 2.75) is 0 Å². The predicted molar refractivity (Wildman–Crippen MR) is 232 cm³/mol. The fourth-order valence-electron chi connectivity index (χ4n) is 8.94. The molecule has 9 aromatic carbocycles. The van der Waals surface area contributed by atoms with Crippen LogP contribution in [0.5, 0.6) is 0 Å². The fraction of sp³-hybridized carbons (Fsp3) is 0. The Kier molecular flexibility index (Phi) is 6.56. The SMILES string of the molecule is c1ccc(-c2nc(-c3ccccc3)nc(-n3c4ccccc4c4c5c6ccccc6n(-c6ccc7c8ccccc8c8ccccc8c7c6)c5ccc43)n2)cc1. The van der Waals surface area contributed by atoms with E-state index in [9.17, 15) is 0 Å². The number of rotatable bonds is 4. The number of nitrogens with zero attached hydrogens (tertiary/aromatic N) is 5. The second-order valence-corrected chi connectivity index (χ2v) is 14.4. The van der Waals surface area contributed by atoms with Gasteiger partial charge in [0.15, 0.2) is 11.6 Å². The van der Waals surface area contributed by atoms with Crippen molar-refractivity contribution in [2.24, 2.45) is 0 Å². The summed E-state index contributed by atoms with van der Waals surface area (Å²) in [4.78, 5) is 15.3. The van der Waals surface area contributed by atoms with Gasteiger partial charge < -0.3 is 4.57 Å². The Morgan fingerprint density at radius 1 is 0.286 bits per heavy atom. The van der Waals surface area contributed by atoms with Crippen LogP contribution < -0.4 is 0 Å². The highest BCUT2D eigenvalue weighted by Gasteiger charge is 2.23. The van der Waals surface area contributed by atoms with Crippen LogP contribution in [0.15, 0.2) is 188 Å². The molecule has 0 N–H and O–H groups in total. The number of para-hydroxylation sites is 2. The maximum Gasteiger partial charge on any atom is 0.238 e. The zero-order chi connectivity index (χ0) is 36.7. The van der Waals surface area contributed by atoms with Gasteiger partial charge in [-0.3, -0.25) is 4.57 Å². The van der Waals surface area contributed by atoms with Crippen LogP contribution in [0.3, 0.4) is 0 Å². The Balaban J connectivity index is 1.16. The summed E-state index contributed by atoms with van der Waals surface area (Å²) in [5, 5.41) is 12.3. The molecule has 0 bridgehead atoms. The summed E-state index contributed by atoms with van der Waals surface area (Å²) in [5.41, 5.74) is 7.41. The minimum Gasteiger partial charge on any atom is -0.309 e. The van der Waals surface area contributed by atoms with E-state index in [1.165, 1.54) is 48.5 Å². The van der Waals surface area contributed by atoms with E-state index in [2.05, 4.69) is 161 Å². The van der Waals surface area contributed by atoms with Gasteiger partial charge in [0.25, 0.3) is 0 Å². The third-order valence-corrected chi connectivity index (χ3v) is 11.3. The summed E-state index contributed by atoms with van der Waals surface area (Å²) in [6.07, 6.45) is 0. The molecule has 260 valence electrons. The third-order valence-electron chi connectivity index (χ3n) is 11.3. The van der Waals surface area contributed by atoms with Crippen LogP contribution in [0.1, 0.15) is 0 Å². The van der Waals surface area contributed by atoms with Crippen molar-refractivity contribution in [1.82, 2.24) is 24.1 Å². The maximum absolute atomic E-state index is 5.18. The molecule has 5 nitrogen and oxygen atoms in total. The van der Waals surface area contributed by atoms with Crippen molar-refractivity contribution in [2.75, 3.05) is 0 Å². The quantitative estimate of drug-likeness (QED) is 0.171. The molecule has 0 amide bonds. The molecule has 0 fully saturated rings. The van der Waals surface area contributed by atoms with Gasteiger partial charge in [-0.05, 0) is 68.7 Å². The van der Waals surface area contributed by atoms with Gasteiger partial charge in [0.05, 0.1) is 22.1 Å². The first kappa shape index (κ1) is 30.8. The molecule has 0 radical (unpaired) electrons. The third kappa shape index (κ3) is 4.46. The average molecular weight is 714 g/mol. The molecular weight excluding hydrogens is 683 g/mol. The first-order chi connectivity index (χ1) is 27.8. The lowest BCUT2D eigenvalue weighted by atomic mass is 9.94. The highest BCUT2D eigenvalue weighted by Crippen LogP contribution is 2.43. The fourth-order valence-corrected chi connectivity index (χ4v) is 8.94. The first-order valence-electron chi connectivity index (χ1n) is 19.0. The van der Waals surface area contributed by atoms with Crippen LogP contribution in [0.4, 0.5) is 0 Å². The smallest absolute Gasteiger partial charge is 0.238 e. The van der Waals surface area contributed by atoms with Gasteiger partial charge in [0, 0.05) is 38.4 Å². The predicted octanol–water partition coefficient (Wildman–Crippen LogP) is 12.9. The van der Waals surface area contributed by atoms with Crippen LogP contribution in [0.2, 0.25) is 0 Å². The normalized spacial score (nSPS) is 11.9. The Hall–Kier alpha value is -7.63. The van der Waals surface area contributed by atoms with E-state index in [0.717, 1.165) is 44.3 Å². The van der Waals surface area contributed by atoms with Crippen LogP contribution in [0.25, 0.3) is 110 Å². The summed E-state index contributed by atoms with van der Waals surface area (Å²) in [6.45, 7) is 0. The Morgan fingerprint density at radius 2 is 0.696 bits per heavy atom. The zero-order valence-electron chi connectivity index (χ0n) is 30.1. The average Bonchev–Trinajstić information content (AvgIpc) is 3.80. The van der Waals surface area contributed by atoms with Gasteiger partial charge in [-0.1, -0.05) is 152 Å². The van der Waals surface area contributed by atoms with E-state index < -0.39 is 0 Å². The Bertz CT molecular complexity index is 3430. The van der Waals surface area contributed by atoms with E-state index in [4.69, 9.17) is 15.0 Å². The highest BCUT2D eigenvalue weighted by atomic mass is 15.2. The first-order valence-corrected chi connectivity index (χ1v) is 19.0. The van der Waals surface area contributed by atoms with Crippen LogP contribution in [-0.4, -0.2) is 24.1 Å². The van der Waals surface area contributed by atoms with Crippen molar-refractivity contribution in [3.63, 3.8) is 0 Å². The molecule has 3 aromatic heterocycles. The van der Waals surface area contributed by atoms with E-state index >= 15 is 0 Å². The van der Waals surface area contributed by atoms with Crippen molar-refractivity contribution < 1.29 is 0 Å². The van der Waals surface area contributed by atoms with Crippen molar-refractivity contribution >= 4 is 75.9 Å². The molecule has 12 rings (SSSR count). The van der Waals surface area contributed by atoms with Gasteiger partial charge in [0.1, 0.15) is 0 Å². The van der Waals surface area contributed by atoms with Crippen molar-refractivity contribution in [3.05, 3.63) is 188 Å². The molecule has 12 aromatic rings. The van der Waals surface area contributed by atoms with E-state index in [-0.39, 0.29) is 0 Å². The molecule has 5 heteroatoms. The van der Waals surface area contributed by atoms with Crippen molar-refractivity contribution in [1.29, 1.82) is 0 Å². The topological polar surface area (TPSA) is 48.5 Å². The monoisotopic (exact) mass is 713 g/mol. The second-order valence-electron chi connectivity index (χ2n) is 14.4. The number of fused-ring (bicyclic) bond motifs is 13. The summed E-state index contributed by atoms with van der Waals surface area (Å²) in [5.74, 6) is 1.85. The van der Waals surface area contributed by atoms with Gasteiger partial charge in [-0.15, -0.1) is 0 Å². The maximum atomic E-state index is 5.18. The summed E-state index contributed by atoms with van der Waals surface area (Å²) >= 11 is 0. The molecule has 56 heavy (non-hydrogen) atoms. The molecule has 3 heterocycles. The molecule has 0 saturated heterocycles. The lowest BCUT2D eigenvalue weighted by molar-refractivity contribution is 0.953. The number of aromatic nitrogens is 5.